The Labute approximate surface area is 153 Å². The van der Waals surface area contributed by atoms with Gasteiger partial charge in [0.05, 0.1) is 11.5 Å². The number of anilines is 1. The number of carbonyl (C=O) groups excluding carboxylic acids is 3. The molecule has 142 valence electrons. The average molecular weight is 375 g/mol. The molecule has 0 radical (unpaired) electrons. The molecule has 2 amide bonds. The first kappa shape index (κ1) is 19.6. The SMILES string of the molecule is CCOC(=O)c1c(C)oc(NC(=O)c2cccc([N+](=O)[O-])c2C)c1C(N)=O. The third-order valence-corrected chi connectivity index (χ3v) is 3.78. The van der Waals surface area contributed by atoms with E-state index in [1.165, 1.54) is 32.0 Å². The molecule has 3 N–H and O–H groups in total. The Hall–Kier alpha value is -3.69. The van der Waals surface area contributed by atoms with E-state index in [-0.39, 0.29) is 46.2 Å². The summed E-state index contributed by atoms with van der Waals surface area (Å²) < 4.78 is 10.2. The van der Waals surface area contributed by atoms with Crippen LogP contribution in [0.25, 0.3) is 0 Å². The Morgan fingerprint density at radius 1 is 1.26 bits per heavy atom. The number of nitro benzene ring substituents is 1. The summed E-state index contributed by atoms with van der Waals surface area (Å²) in [6, 6.07) is 3.99. The van der Waals surface area contributed by atoms with Gasteiger partial charge in [0.1, 0.15) is 16.9 Å². The van der Waals surface area contributed by atoms with Gasteiger partial charge in [0, 0.05) is 17.2 Å². The Morgan fingerprint density at radius 2 is 1.93 bits per heavy atom. The van der Waals surface area contributed by atoms with Crippen molar-refractivity contribution in [2.45, 2.75) is 20.8 Å². The summed E-state index contributed by atoms with van der Waals surface area (Å²) in [6.07, 6.45) is 0. The van der Waals surface area contributed by atoms with Crippen molar-refractivity contribution in [3.05, 3.63) is 56.3 Å². The maximum atomic E-state index is 12.5. The van der Waals surface area contributed by atoms with E-state index in [4.69, 9.17) is 14.9 Å². The molecule has 2 rings (SSSR count). The summed E-state index contributed by atoms with van der Waals surface area (Å²) in [5, 5.41) is 13.4. The fourth-order valence-electron chi connectivity index (χ4n) is 2.55. The predicted octanol–water partition coefficient (Wildman–Crippen LogP) is 2.33. The molecule has 0 fully saturated rings. The number of furan rings is 1. The predicted molar refractivity (Wildman–Crippen MR) is 93.7 cm³/mol. The number of esters is 1. The van der Waals surface area contributed by atoms with Gasteiger partial charge >= 0.3 is 5.97 Å². The fraction of sp³-hybridized carbons (Fsp3) is 0.235. The highest BCUT2D eigenvalue weighted by molar-refractivity contribution is 6.13. The summed E-state index contributed by atoms with van der Waals surface area (Å²) in [7, 11) is 0. The maximum absolute atomic E-state index is 12.5. The lowest BCUT2D eigenvalue weighted by molar-refractivity contribution is -0.385. The van der Waals surface area contributed by atoms with E-state index in [1.807, 2.05) is 0 Å². The summed E-state index contributed by atoms with van der Waals surface area (Å²) in [6.45, 7) is 4.48. The minimum absolute atomic E-state index is 0.00589. The lowest BCUT2D eigenvalue weighted by Gasteiger charge is -2.07. The number of nitrogens with zero attached hydrogens (tertiary/aromatic N) is 1. The lowest BCUT2D eigenvalue weighted by atomic mass is 10.1. The van der Waals surface area contributed by atoms with Crippen LogP contribution in [0.1, 0.15) is 49.3 Å². The highest BCUT2D eigenvalue weighted by atomic mass is 16.6. The number of hydrogen-bond acceptors (Lipinski definition) is 7. The van der Waals surface area contributed by atoms with Crippen molar-refractivity contribution < 1.29 is 28.5 Å². The number of rotatable bonds is 6. The molecule has 0 aliphatic heterocycles. The molecule has 0 bridgehead atoms. The Morgan fingerprint density at radius 3 is 2.48 bits per heavy atom. The second-order valence-corrected chi connectivity index (χ2v) is 5.48. The highest BCUT2D eigenvalue weighted by Crippen LogP contribution is 2.29. The standard InChI is InChI=1S/C17H17N3O7/c1-4-26-17(23)12-9(3)27-16(13(12)14(18)21)19-15(22)10-6-5-7-11(8(10)2)20(24)25/h5-7H,4H2,1-3H3,(H2,18,21)(H,19,22). The smallest absolute Gasteiger partial charge is 0.342 e. The molecule has 0 saturated carbocycles. The number of hydrogen-bond donors (Lipinski definition) is 2. The van der Waals surface area contributed by atoms with Gasteiger partial charge in [0.15, 0.2) is 0 Å². The molecule has 0 saturated heterocycles. The lowest BCUT2D eigenvalue weighted by Crippen LogP contribution is -2.20. The number of amides is 2. The van der Waals surface area contributed by atoms with Gasteiger partial charge in [-0.2, -0.15) is 0 Å². The summed E-state index contributed by atoms with van der Waals surface area (Å²) in [4.78, 5) is 46.8. The van der Waals surface area contributed by atoms with Crippen molar-refractivity contribution >= 4 is 29.4 Å². The van der Waals surface area contributed by atoms with Gasteiger partial charge in [-0.3, -0.25) is 25.0 Å². The number of carbonyl (C=O) groups is 3. The van der Waals surface area contributed by atoms with E-state index < -0.39 is 22.7 Å². The molecule has 1 aromatic carbocycles. The highest BCUT2D eigenvalue weighted by Gasteiger charge is 2.30. The normalized spacial score (nSPS) is 10.3. The van der Waals surface area contributed by atoms with Crippen LogP contribution in [0.15, 0.2) is 22.6 Å². The first-order valence-corrected chi connectivity index (χ1v) is 7.84. The molecule has 0 aliphatic rings. The third kappa shape index (κ3) is 3.78. The number of nitrogens with one attached hydrogen (secondary N) is 1. The van der Waals surface area contributed by atoms with Gasteiger partial charge < -0.3 is 14.9 Å². The second kappa shape index (κ2) is 7.68. The van der Waals surface area contributed by atoms with Crippen LogP contribution in [0.5, 0.6) is 0 Å². The van der Waals surface area contributed by atoms with Gasteiger partial charge in [-0.25, -0.2) is 4.79 Å². The van der Waals surface area contributed by atoms with Crippen molar-refractivity contribution in [1.29, 1.82) is 0 Å². The Balaban J connectivity index is 2.46. The molecular formula is C17H17N3O7. The van der Waals surface area contributed by atoms with Gasteiger partial charge in [0.25, 0.3) is 17.5 Å². The molecule has 10 nitrogen and oxygen atoms in total. The van der Waals surface area contributed by atoms with Crippen LogP contribution >= 0.6 is 0 Å². The monoisotopic (exact) mass is 375 g/mol. The van der Waals surface area contributed by atoms with E-state index in [0.717, 1.165) is 0 Å². The molecule has 0 spiro atoms. The third-order valence-electron chi connectivity index (χ3n) is 3.78. The minimum atomic E-state index is -0.999. The quantitative estimate of drug-likeness (QED) is 0.446. The zero-order chi connectivity index (χ0) is 20.3. The van der Waals surface area contributed by atoms with Crippen LogP contribution in [-0.2, 0) is 4.74 Å². The van der Waals surface area contributed by atoms with E-state index in [0.29, 0.717) is 0 Å². The van der Waals surface area contributed by atoms with E-state index in [9.17, 15) is 24.5 Å². The zero-order valence-corrected chi connectivity index (χ0v) is 14.8. The topological polar surface area (TPSA) is 155 Å². The van der Waals surface area contributed by atoms with Crippen molar-refractivity contribution in [1.82, 2.24) is 0 Å². The number of nitrogens with two attached hydrogens (primary N) is 1. The number of benzene rings is 1. The van der Waals surface area contributed by atoms with Crippen molar-refractivity contribution in [3.8, 4) is 0 Å². The van der Waals surface area contributed by atoms with Crippen LogP contribution in [0, 0.1) is 24.0 Å². The summed E-state index contributed by atoms with van der Waals surface area (Å²) in [5.41, 5.74) is 4.71. The molecule has 27 heavy (non-hydrogen) atoms. The molecule has 0 aliphatic carbocycles. The van der Waals surface area contributed by atoms with Crippen LogP contribution in [0.3, 0.4) is 0 Å². The second-order valence-electron chi connectivity index (χ2n) is 5.48. The van der Waals surface area contributed by atoms with Crippen LogP contribution < -0.4 is 11.1 Å². The molecule has 10 heteroatoms. The van der Waals surface area contributed by atoms with Crippen LogP contribution in [0.4, 0.5) is 11.6 Å². The van der Waals surface area contributed by atoms with Crippen molar-refractivity contribution in [2.24, 2.45) is 5.73 Å². The van der Waals surface area contributed by atoms with Crippen LogP contribution in [-0.4, -0.2) is 29.3 Å². The molecule has 2 aromatic rings. The molecule has 0 unspecified atom stereocenters. The number of ether oxygens (including phenoxy) is 1. The summed E-state index contributed by atoms with van der Waals surface area (Å²) in [5.74, 6) is -2.88. The van der Waals surface area contributed by atoms with E-state index >= 15 is 0 Å². The molecule has 1 aromatic heterocycles. The number of primary amides is 1. The first-order valence-electron chi connectivity index (χ1n) is 7.84. The average Bonchev–Trinajstić information content (AvgIpc) is 2.91. The van der Waals surface area contributed by atoms with Gasteiger partial charge in [0.2, 0.25) is 5.88 Å². The van der Waals surface area contributed by atoms with Gasteiger partial charge in [-0.15, -0.1) is 0 Å². The Bertz CT molecular complexity index is 946. The molecule has 1 heterocycles. The Kier molecular flexibility index (Phi) is 5.59. The van der Waals surface area contributed by atoms with Gasteiger partial charge in [-0.1, -0.05) is 6.07 Å². The zero-order valence-electron chi connectivity index (χ0n) is 14.8. The fourth-order valence-corrected chi connectivity index (χ4v) is 2.55. The molecular weight excluding hydrogens is 358 g/mol. The largest absolute Gasteiger partial charge is 0.462 e. The van der Waals surface area contributed by atoms with E-state index in [1.54, 1.807) is 6.92 Å². The minimum Gasteiger partial charge on any atom is -0.462 e. The van der Waals surface area contributed by atoms with Gasteiger partial charge in [-0.05, 0) is 26.8 Å². The van der Waals surface area contributed by atoms with Crippen molar-refractivity contribution in [2.75, 3.05) is 11.9 Å². The molecule has 0 atom stereocenters. The number of nitro groups is 1. The number of aryl methyl sites for hydroxylation is 1. The van der Waals surface area contributed by atoms with Crippen molar-refractivity contribution in [3.63, 3.8) is 0 Å². The summed E-state index contributed by atoms with van der Waals surface area (Å²) >= 11 is 0. The maximum Gasteiger partial charge on any atom is 0.342 e. The first-order chi connectivity index (χ1) is 12.7. The van der Waals surface area contributed by atoms with Crippen LogP contribution in [0.2, 0.25) is 0 Å². The van der Waals surface area contributed by atoms with E-state index in [2.05, 4.69) is 5.32 Å².